The number of rotatable bonds is 6. The first-order valence-corrected chi connectivity index (χ1v) is 10.8. The number of hydrogen-bond donors (Lipinski definition) is 1. The van der Waals surface area contributed by atoms with Crippen LogP contribution in [0.4, 0.5) is 5.69 Å². The van der Waals surface area contributed by atoms with E-state index in [9.17, 15) is 9.59 Å². The minimum atomic E-state index is -0.679. The number of carbonyl (C=O) groups excluding carboxylic acids is 2. The van der Waals surface area contributed by atoms with E-state index in [1.165, 1.54) is 21.3 Å². The summed E-state index contributed by atoms with van der Waals surface area (Å²) in [4.78, 5) is 28.7. The predicted molar refractivity (Wildman–Crippen MR) is 112 cm³/mol. The van der Waals surface area contributed by atoms with E-state index >= 15 is 0 Å². The molecule has 1 aliphatic carbocycles. The van der Waals surface area contributed by atoms with Crippen molar-refractivity contribution in [3.05, 3.63) is 24.3 Å². The maximum atomic E-state index is 13.4. The van der Waals surface area contributed by atoms with Gasteiger partial charge in [-0.25, -0.2) is 0 Å². The summed E-state index contributed by atoms with van der Waals surface area (Å²) in [5.41, 5.74) is -0.167. The second kappa shape index (κ2) is 7.44. The number of hydrogen-bond acceptors (Lipinski definition) is 6. The molecule has 3 aliphatic heterocycles. The Morgan fingerprint density at radius 2 is 1.81 bits per heavy atom. The largest absolute Gasteiger partial charge is 0.493 e. The Morgan fingerprint density at radius 1 is 1.13 bits per heavy atom. The van der Waals surface area contributed by atoms with Crippen LogP contribution in [0.3, 0.4) is 0 Å². The lowest BCUT2D eigenvalue weighted by molar-refractivity contribution is -0.137. The molecule has 0 unspecified atom stereocenters. The molecule has 31 heavy (non-hydrogen) atoms. The summed E-state index contributed by atoms with van der Waals surface area (Å²) in [6, 6.07) is 3.63. The summed E-state index contributed by atoms with van der Waals surface area (Å²) in [6.45, 7) is 0.544. The summed E-state index contributed by atoms with van der Waals surface area (Å²) in [5.74, 6) is 0.101. The normalized spacial score (nSPS) is 31.3. The topological polar surface area (TPSA) is 86.3 Å². The summed E-state index contributed by atoms with van der Waals surface area (Å²) < 4.78 is 22.3. The smallest absolute Gasteiger partial charge is 0.231 e. The van der Waals surface area contributed by atoms with Gasteiger partial charge in [0.05, 0.1) is 45.8 Å². The Morgan fingerprint density at radius 3 is 2.42 bits per heavy atom. The highest BCUT2D eigenvalue weighted by atomic mass is 16.5. The lowest BCUT2D eigenvalue weighted by Crippen LogP contribution is -2.42. The summed E-state index contributed by atoms with van der Waals surface area (Å²) in [6.07, 6.45) is 7.91. The molecule has 8 nitrogen and oxygen atoms in total. The van der Waals surface area contributed by atoms with E-state index < -0.39 is 17.4 Å². The van der Waals surface area contributed by atoms with Crippen LogP contribution in [0.1, 0.15) is 25.7 Å². The predicted octanol–water partition coefficient (Wildman–Crippen LogP) is 2.38. The maximum Gasteiger partial charge on any atom is 0.231 e. The second-order valence-electron chi connectivity index (χ2n) is 8.71. The highest BCUT2D eigenvalue weighted by Gasteiger charge is 2.67. The van der Waals surface area contributed by atoms with Gasteiger partial charge in [0.1, 0.15) is 5.60 Å². The average Bonchev–Trinajstić information content (AvgIpc) is 3.54. The van der Waals surface area contributed by atoms with E-state index in [1.807, 2.05) is 17.1 Å². The minimum Gasteiger partial charge on any atom is -0.493 e. The number of nitrogens with one attached hydrogen (secondary N) is 1. The fourth-order valence-electron chi connectivity index (χ4n) is 5.73. The number of anilines is 1. The molecule has 4 aliphatic rings. The molecule has 0 radical (unpaired) electrons. The van der Waals surface area contributed by atoms with Gasteiger partial charge in [0.25, 0.3) is 0 Å². The molecular formula is C23H28N2O6. The van der Waals surface area contributed by atoms with Crippen LogP contribution in [-0.2, 0) is 14.3 Å². The van der Waals surface area contributed by atoms with E-state index in [-0.39, 0.29) is 24.0 Å². The molecule has 2 saturated heterocycles. The fraction of sp³-hybridized carbons (Fsp3) is 0.565. The molecule has 8 heteroatoms. The third kappa shape index (κ3) is 2.99. The molecule has 4 atom stereocenters. The van der Waals surface area contributed by atoms with Crippen LogP contribution < -0.4 is 19.5 Å². The van der Waals surface area contributed by atoms with E-state index in [0.29, 0.717) is 29.5 Å². The Labute approximate surface area is 181 Å². The van der Waals surface area contributed by atoms with Gasteiger partial charge in [-0.15, -0.1) is 0 Å². The lowest BCUT2D eigenvalue weighted by Gasteiger charge is -2.27. The number of likely N-dealkylation sites (tertiary alicyclic amines) is 1. The van der Waals surface area contributed by atoms with Crippen molar-refractivity contribution in [2.24, 2.45) is 11.8 Å². The van der Waals surface area contributed by atoms with Crippen molar-refractivity contribution in [1.29, 1.82) is 0 Å². The van der Waals surface area contributed by atoms with Gasteiger partial charge in [-0.3, -0.25) is 9.59 Å². The van der Waals surface area contributed by atoms with E-state index in [1.54, 1.807) is 12.1 Å². The molecule has 5 rings (SSSR count). The molecule has 166 valence electrons. The average molecular weight is 428 g/mol. The standard InChI is InChI=1S/C23H28N2O6/c1-28-16-10-13(11-17(29-2)20(16)30-3)24-21(26)18-15-8-9-23(31-15)12-25(22(27)19(18)23)14-6-4-5-7-14/h8-11,14-15,18-19H,4-7,12H2,1-3H3,(H,24,26)/t15-,18-,19+,23-/m1/s1. The van der Waals surface area contributed by atoms with Crippen molar-refractivity contribution < 1.29 is 28.5 Å². The van der Waals surface area contributed by atoms with Gasteiger partial charge in [0, 0.05) is 23.9 Å². The molecule has 3 fully saturated rings. The van der Waals surface area contributed by atoms with Crippen LogP contribution >= 0.6 is 0 Å². The van der Waals surface area contributed by atoms with Crippen molar-refractivity contribution in [2.45, 2.75) is 43.4 Å². The van der Waals surface area contributed by atoms with Gasteiger partial charge >= 0.3 is 0 Å². The van der Waals surface area contributed by atoms with Crippen molar-refractivity contribution in [1.82, 2.24) is 4.90 Å². The number of methoxy groups -OCH3 is 3. The first kappa shape index (κ1) is 20.2. The van der Waals surface area contributed by atoms with Crippen LogP contribution in [-0.4, -0.2) is 62.3 Å². The van der Waals surface area contributed by atoms with Crippen molar-refractivity contribution in [3.8, 4) is 17.2 Å². The molecule has 3 heterocycles. The Balaban J connectivity index is 1.40. The SMILES string of the molecule is COc1cc(NC(=O)[C@H]2[C@H]3C(=O)N(C4CCCC4)C[C@]34C=C[C@H]2O4)cc(OC)c1OC. The van der Waals surface area contributed by atoms with E-state index in [2.05, 4.69) is 5.32 Å². The van der Waals surface area contributed by atoms with Gasteiger partial charge in [-0.2, -0.15) is 0 Å². The zero-order valence-electron chi connectivity index (χ0n) is 18.1. The first-order valence-electron chi connectivity index (χ1n) is 10.8. The summed E-state index contributed by atoms with van der Waals surface area (Å²) in [7, 11) is 4.57. The van der Waals surface area contributed by atoms with Crippen LogP contribution in [0.15, 0.2) is 24.3 Å². The highest BCUT2D eigenvalue weighted by molar-refractivity contribution is 5.99. The third-order valence-corrected chi connectivity index (χ3v) is 7.13. The first-order chi connectivity index (χ1) is 15.0. The number of nitrogens with zero attached hydrogens (tertiary/aromatic N) is 1. The van der Waals surface area contributed by atoms with Crippen LogP contribution in [0.2, 0.25) is 0 Å². The molecule has 2 amide bonds. The summed E-state index contributed by atoms with van der Waals surface area (Å²) in [5, 5.41) is 2.94. The number of amides is 2. The quantitative estimate of drug-likeness (QED) is 0.700. The molecular weight excluding hydrogens is 400 g/mol. The van der Waals surface area contributed by atoms with Gasteiger partial charge in [0.2, 0.25) is 17.6 Å². The van der Waals surface area contributed by atoms with E-state index in [0.717, 1.165) is 25.7 Å². The number of benzene rings is 1. The monoisotopic (exact) mass is 428 g/mol. The fourth-order valence-corrected chi connectivity index (χ4v) is 5.73. The van der Waals surface area contributed by atoms with Gasteiger partial charge in [-0.1, -0.05) is 25.0 Å². The number of ether oxygens (including phenoxy) is 4. The van der Waals surface area contributed by atoms with Crippen molar-refractivity contribution in [2.75, 3.05) is 33.2 Å². The van der Waals surface area contributed by atoms with Crippen LogP contribution in [0.25, 0.3) is 0 Å². The number of fused-ring (bicyclic) bond motifs is 1. The molecule has 1 aromatic rings. The molecule has 1 aromatic carbocycles. The lowest BCUT2D eigenvalue weighted by atomic mass is 9.76. The minimum absolute atomic E-state index is 0.0452. The molecule has 1 spiro atoms. The second-order valence-corrected chi connectivity index (χ2v) is 8.71. The van der Waals surface area contributed by atoms with Crippen LogP contribution in [0.5, 0.6) is 17.2 Å². The third-order valence-electron chi connectivity index (χ3n) is 7.13. The van der Waals surface area contributed by atoms with Gasteiger partial charge in [-0.05, 0) is 12.8 Å². The zero-order chi connectivity index (χ0) is 21.8. The number of carbonyl (C=O) groups is 2. The molecule has 0 aromatic heterocycles. The Hall–Kier alpha value is -2.74. The molecule has 1 saturated carbocycles. The van der Waals surface area contributed by atoms with Crippen LogP contribution in [0, 0.1) is 11.8 Å². The Kier molecular flexibility index (Phi) is 4.84. The zero-order valence-corrected chi connectivity index (χ0v) is 18.1. The maximum absolute atomic E-state index is 13.4. The Bertz CT molecular complexity index is 915. The van der Waals surface area contributed by atoms with E-state index in [4.69, 9.17) is 18.9 Å². The van der Waals surface area contributed by atoms with Gasteiger partial charge < -0.3 is 29.2 Å². The van der Waals surface area contributed by atoms with Gasteiger partial charge in [0.15, 0.2) is 11.5 Å². The van der Waals surface area contributed by atoms with Crippen molar-refractivity contribution in [3.63, 3.8) is 0 Å². The molecule has 1 N–H and O–H groups in total. The highest BCUT2D eigenvalue weighted by Crippen LogP contribution is 2.53. The molecule has 2 bridgehead atoms. The summed E-state index contributed by atoms with van der Waals surface area (Å²) >= 11 is 0. The van der Waals surface area contributed by atoms with Crippen molar-refractivity contribution >= 4 is 17.5 Å².